The fraction of sp³-hybridized carbons (Fsp3) is 0.556. The van der Waals surface area contributed by atoms with Crippen molar-refractivity contribution in [3.8, 4) is 0 Å². The van der Waals surface area contributed by atoms with Crippen LogP contribution >= 0.6 is 27.5 Å². The highest BCUT2D eigenvalue weighted by Crippen LogP contribution is 2.40. The summed E-state index contributed by atoms with van der Waals surface area (Å²) < 4.78 is 0. The number of alkyl halides is 2. The Morgan fingerprint density at radius 1 is 1.50 bits per heavy atom. The van der Waals surface area contributed by atoms with E-state index in [4.69, 9.17) is 11.6 Å². The first-order valence-electron chi connectivity index (χ1n) is 4.59. The third-order valence-electron chi connectivity index (χ3n) is 2.38. The first kappa shape index (κ1) is 10.2. The lowest BCUT2D eigenvalue weighted by Gasteiger charge is -2.26. The summed E-state index contributed by atoms with van der Waals surface area (Å²) in [7, 11) is 0. The Kier molecular flexibility index (Phi) is 2.93. The number of nitrogens with one attached hydrogen (secondary N) is 1. The van der Waals surface area contributed by atoms with Gasteiger partial charge < -0.3 is 5.32 Å². The zero-order valence-corrected chi connectivity index (χ0v) is 9.92. The summed E-state index contributed by atoms with van der Waals surface area (Å²) in [6, 6.07) is 1.78. The number of anilines is 1. The third-order valence-corrected chi connectivity index (χ3v) is 4.43. The van der Waals surface area contributed by atoms with Crippen molar-refractivity contribution in [3.63, 3.8) is 0 Å². The quantitative estimate of drug-likeness (QED) is 0.667. The Balaban J connectivity index is 2.10. The second-order valence-electron chi connectivity index (χ2n) is 3.42. The van der Waals surface area contributed by atoms with Gasteiger partial charge in [-0.15, -0.1) is 0 Å². The van der Waals surface area contributed by atoms with Crippen LogP contribution in [0.25, 0.3) is 0 Å². The fourth-order valence-electron chi connectivity index (χ4n) is 1.61. The molecular formula is C9H11BrClN3. The van der Waals surface area contributed by atoms with E-state index in [9.17, 15) is 0 Å². The van der Waals surface area contributed by atoms with Crippen LogP contribution in [0, 0.1) is 0 Å². The smallest absolute Gasteiger partial charge is 0.223 e. The number of hydrogen-bond donors (Lipinski definition) is 1. The van der Waals surface area contributed by atoms with Gasteiger partial charge in [0.25, 0.3) is 0 Å². The number of hydrogen-bond acceptors (Lipinski definition) is 3. The zero-order valence-electron chi connectivity index (χ0n) is 7.58. The summed E-state index contributed by atoms with van der Waals surface area (Å²) >= 11 is 9.99. The molecule has 2 rings (SSSR count). The standard InChI is InChI=1S/C9H11BrClN3/c10-7-3-1-4-9(7,11)14-8-12-5-2-6-13-8/h2,5-7H,1,3-4H2,(H,12,13,14). The maximum atomic E-state index is 6.42. The van der Waals surface area contributed by atoms with Crippen LogP contribution in [-0.2, 0) is 0 Å². The highest BCUT2D eigenvalue weighted by atomic mass is 79.9. The van der Waals surface area contributed by atoms with E-state index in [-0.39, 0.29) is 4.83 Å². The summed E-state index contributed by atoms with van der Waals surface area (Å²) in [5.41, 5.74) is 0. The van der Waals surface area contributed by atoms with Crippen LogP contribution in [0.2, 0.25) is 0 Å². The van der Waals surface area contributed by atoms with Crippen LogP contribution in [0.15, 0.2) is 18.5 Å². The van der Waals surface area contributed by atoms with Crippen molar-refractivity contribution in [1.29, 1.82) is 0 Å². The third kappa shape index (κ3) is 2.01. The van der Waals surface area contributed by atoms with E-state index >= 15 is 0 Å². The maximum Gasteiger partial charge on any atom is 0.223 e. The van der Waals surface area contributed by atoms with Crippen LogP contribution in [0.4, 0.5) is 5.95 Å². The summed E-state index contributed by atoms with van der Waals surface area (Å²) in [5.74, 6) is 0.592. The Labute approximate surface area is 96.4 Å². The van der Waals surface area contributed by atoms with E-state index in [1.165, 1.54) is 0 Å². The van der Waals surface area contributed by atoms with E-state index < -0.39 is 5.00 Å². The minimum atomic E-state index is -0.429. The van der Waals surface area contributed by atoms with Crippen LogP contribution in [-0.4, -0.2) is 19.8 Å². The molecule has 1 aromatic rings. The van der Waals surface area contributed by atoms with Crippen molar-refractivity contribution in [2.24, 2.45) is 0 Å². The van der Waals surface area contributed by atoms with Gasteiger partial charge in [0.2, 0.25) is 5.95 Å². The van der Waals surface area contributed by atoms with Gasteiger partial charge in [-0.2, -0.15) is 0 Å². The molecule has 14 heavy (non-hydrogen) atoms. The zero-order chi connectivity index (χ0) is 10.0. The van der Waals surface area contributed by atoms with Crippen molar-refractivity contribution in [1.82, 2.24) is 9.97 Å². The van der Waals surface area contributed by atoms with Gasteiger partial charge in [-0.3, -0.25) is 0 Å². The van der Waals surface area contributed by atoms with Crippen molar-refractivity contribution < 1.29 is 0 Å². The highest BCUT2D eigenvalue weighted by Gasteiger charge is 2.40. The molecule has 1 saturated carbocycles. The molecule has 0 saturated heterocycles. The van der Waals surface area contributed by atoms with E-state index in [1.54, 1.807) is 18.5 Å². The lowest BCUT2D eigenvalue weighted by Crippen LogP contribution is -2.36. The van der Waals surface area contributed by atoms with Crippen molar-refractivity contribution in [3.05, 3.63) is 18.5 Å². The Hall–Kier alpha value is -0.350. The summed E-state index contributed by atoms with van der Waals surface area (Å²) in [6.07, 6.45) is 6.55. The lowest BCUT2D eigenvalue weighted by atomic mass is 10.2. The fourth-order valence-corrected chi connectivity index (χ4v) is 2.61. The largest absolute Gasteiger partial charge is 0.334 e. The molecule has 2 atom stereocenters. The first-order chi connectivity index (χ1) is 6.71. The average Bonchev–Trinajstić information content (AvgIpc) is 2.48. The molecular weight excluding hydrogens is 265 g/mol. The van der Waals surface area contributed by atoms with Gasteiger partial charge in [0.15, 0.2) is 0 Å². The first-order valence-corrected chi connectivity index (χ1v) is 5.88. The van der Waals surface area contributed by atoms with E-state index in [0.29, 0.717) is 5.95 Å². The molecule has 5 heteroatoms. The van der Waals surface area contributed by atoms with Gasteiger partial charge in [-0.05, 0) is 25.3 Å². The van der Waals surface area contributed by atoms with Crippen molar-refractivity contribution in [2.45, 2.75) is 29.1 Å². The van der Waals surface area contributed by atoms with Crippen LogP contribution in [0.1, 0.15) is 19.3 Å². The molecule has 0 aromatic carbocycles. The van der Waals surface area contributed by atoms with Crippen LogP contribution in [0.5, 0.6) is 0 Å². The predicted octanol–water partition coefficient (Wildman–Crippen LogP) is 2.77. The molecule has 0 aliphatic heterocycles. The molecule has 0 radical (unpaired) electrons. The molecule has 3 nitrogen and oxygen atoms in total. The van der Waals surface area contributed by atoms with Crippen LogP contribution < -0.4 is 5.32 Å². The molecule has 1 N–H and O–H groups in total. The van der Waals surface area contributed by atoms with E-state index in [0.717, 1.165) is 19.3 Å². The van der Waals surface area contributed by atoms with Crippen LogP contribution in [0.3, 0.4) is 0 Å². The average molecular weight is 277 g/mol. The molecule has 1 aromatic heterocycles. The van der Waals surface area contributed by atoms with Gasteiger partial charge in [0.05, 0.1) is 4.83 Å². The monoisotopic (exact) mass is 275 g/mol. The van der Waals surface area contributed by atoms with E-state index in [2.05, 4.69) is 31.2 Å². The summed E-state index contributed by atoms with van der Waals surface area (Å²) in [5, 5.41) is 3.16. The predicted molar refractivity (Wildman–Crippen MR) is 60.8 cm³/mol. The van der Waals surface area contributed by atoms with Gasteiger partial charge in [0.1, 0.15) is 5.00 Å². The van der Waals surface area contributed by atoms with Crippen molar-refractivity contribution >= 4 is 33.5 Å². The minimum absolute atomic E-state index is 0.278. The normalized spacial score (nSPS) is 31.7. The summed E-state index contributed by atoms with van der Waals surface area (Å²) in [4.78, 5) is 8.04. The molecule has 1 fully saturated rings. The summed E-state index contributed by atoms with van der Waals surface area (Å²) in [6.45, 7) is 0. The molecule has 0 amide bonds. The van der Waals surface area contributed by atoms with E-state index in [1.807, 2.05) is 0 Å². The van der Waals surface area contributed by atoms with Gasteiger partial charge in [-0.1, -0.05) is 27.5 Å². The molecule has 0 spiro atoms. The van der Waals surface area contributed by atoms with Gasteiger partial charge in [0, 0.05) is 12.4 Å². The van der Waals surface area contributed by atoms with Gasteiger partial charge >= 0.3 is 0 Å². The molecule has 1 heterocycles. The number of aromatic nitrogens is 2. The van der Waals surface area contributed by atoms with Gasteiger partial charge in [-0.25, -0.2) is 9.97 Å². The SMILES string of the molecule is ClC1(Nc2ncccn2)CCCC1Br. The Morgan fingerprint density at radius 2 is 2.21 bits per heavy atom. The maximum absolute atomic E-state index is 6.42. The van der Waals surface area contributed by atoms with Crippen molar-refractivity contribution in [2.75, 3.05) is 5.32 Å². The Bertz CT molecular complexity index is 308. The molecule has 76 valence electrons. The number of halogens is 2. The second kappa shape index (κ2) is 4.03. The number of nitrogens with zero attached hydrogens (tertiary/aromatic N) is 2. The Morgan fingerprint density at radius 3 is 2.79 bits per heavy atom. The minimum Gasteiger partial charge on any atom is -0.334 e. The second-order valence-corrected chi connectivity index (χ2v) is 5.20. The molecule has 0 bridgehead atoms. The number of rotatable bonds is 2. The lowest BCUT2D eigenvalue weighted by molar-refractivity contribution is 0.685. The molecule has 1 aliphatic carbocycles. The molecule has 2 unspecified atom stereocenters. The highest BCUT2D eigenvalue weighted by molar-refractivity contribution is 9.09. The molecule has 1 aliphatic rings. The topological polar surface area (TPSA) is 37.8 Å².